The van der Waals surface area contributed by atoms with Gasteiger partial charge < -0.3 is 10.1 Å². The fourth-order valence-electron chi connectivity index (χ4n) is 1.84. The number of amides is 1. The SMILES string of the molecule is Bc1cc2c(c(OC)c1)C(=O)NCC2. The van der Waals surface area contributed by atoms with Crippen LogP contribution in [0.15, 0.2) is 12.1 Å². The summed E-state index contributed by atoms with van der Waals surface area (Å²) in [6, 6.07) is 3.94. The summed E-state index contributed by atoms with van der Waals surface area (Å²) in [5.74, 6) is 0.653. The second kappa shape index (κ2) is 3.37. The van der Waals surface area contributed by atoms with Gasteiger partial charge in [0, 0.05) is 6.54 Å². The average Bonchev–Trinajstić information content (AvgIpc) is 2.16. The first-order chi connectivity index (χ1) is 6.72. The third kappa shape index (κ3) is 1.37. The Morgan fingerprint density at radius 3 is 3.00 bits per heavy atom. The molecule has 1 amide bonds. The van der Waals surface area contributed by atoms with E-state index >= 15 is 0 Å². The maximum Gasteiger partial charge on any atom is 0.255 e. The molecule has 0 saturated heterocycles. The van der Waals surface area contributed by atoms with Crippen LogP contribution in [0.2, 0.25) is 0 Å². The first-order valence-corrected chi connectivity index (χ1v) is 4.68. The van der Waals surface area contributed by atoms with Crippen molar-refractivity contribution < 1.29 is 9.53 Å². The maximum absolute atomic E-state index is 11.6. The molecule has 0 aliphatic carbocycles. The van der Waals surface area contributed by atoms with Crippen LogP contribution < -0.4 is 15.5 Å². The quantitative estimate of drug-likeness (QED) is 0.589. The van der Waals surface area contributed by atoms with Crippen LogP contribution in [0.3, 0.4) is 0 Å². The minimum absolute atomic E-state index is 0.0249. The number of nitrogens with one attached hydrogen (secondary N) is 1. The van der Waals surface area contributed by atoms with E-state index in [-0.39, 0.29) is 5.91 Å². The van der Waals surface area contributed by atoms with Crippen molar-refractivity contribution in [3.63, 3.8) is 0 Å². The highest BCUT2D eigenvalue weighted by atomic mass is 16.5. The lowest BCUT2D eigenvalue weighted by atomic mass is 9.88. The molecule has 1 aliphatic heterocycles. The molecule has 4 heteroatoms. The summed E-state index contributed by atoms with van der Waals surface area (Å²) in [6.45, 7) is 0.721. The molecule has 14 heavy (non-hydrogen) atoms. The van der Waals surface area contributed by atoms with Crippen LogP contribution in [0.5, 0.6) is 5.75 Å². The van der Waals surface area contributed by atoms with E-state index in [1.807, 2.05) is 13.9 Å². The van der Waals surface area contributed by atoms with Gasteiger partial charge in [-0.15, -0.1) is 0 Å². The molecule has 3 nitrogen and oxygen atoms in total. The summed E-state index contributed by atoms with van der Waals surface area (Å²) in [5.41, 5.74) is 2.92. The molecule has 2 rings (SSSR count). The number of carbonyl (C=O) groups is 1. The van der Waals surface area contributed by atoms with Crippen molar-refractivity contribution in [2.24, 2.45) is 0 Å². The zero-order chi connectivity index (χ0) is 10.1. The average molecular weight is 189 g/mol. The summed E-state index contributed by atoms with van der Waals surface area (Å²) < 4.78 is 5.20. The number of carbonyl (C=O) groups excluding carboxylic acids is 1. The third-order valence-corrected chi connectivity index (χ3v) is 2.46. The molecule has 0 saturated carbocycles. The second-order valence-corrected chi connectivity index (χ2v) is 3.51. The Balaban J connectivity index is 2.61. The molecule has 1 aromatic rings. The fraction of sp³-hybridized carbons (Fsp3) is 0.300. The summed E-state index contributed by atoms with van der Waals surface area (Å²) in [7, 11) is 3.60. The molecule has 1 aliphatic rings. The molecule has 1 heterocycles. The molecular weight excluding hydrogens is 177 g/mol. The van der Waals surface area contributed by atoms with Gasteiger partial charge in [0.2, 0.25) is 0 Å². The van der Waals surface area contributed by atoms with E-state index in [0.29, 0.717) is 11.3 Å². The predicted octanol–water partition coefficient (Wildman–Crippen LogP) is -0.761. The van der Waals surface area contributed by atoms with E-state index in [1.165, 1.54) is 0 Å². The van der Waals surface area contributed by atoms with E-state index in [1.54, 1.807) is 7.11 Å². The van der Waals surface area contributed by atoms with Gasteiger partial charge in [-0.2, -0.15) is 0 Å². The lowest BCUT2D eigenvalue weighted by molar-refractivity contribution is 0.0943. The smallest absolute Gasteiger partial charge is 0.255 e. The van der Waals surface area contributed by atoms with E-state index in [4.69, 9.17) is 4.74 Å². The number of benzene rings is 1. The minimum atomic E-state index is -0.0249. The molecule has 0 radical (unpaired) electrons. The number of fused-ring (bicyclic) bond motifs is 1. The molecular formula is C10H12BNO2. The minimum Gasteiger partial charge on any atom is -0.496 e. The van der Waals surface area contributed by atoms with Crippen molar-refractivity contribution in [1.82, 2.24) is 5.32 Å². The van der Waals surface area contributed by atoms with Crippen molar-refractivity contribution in [1.29, 1.82) is 0 Å². The highest BCUT2D eigenvalue weighted by Gasteiger charge is 2.21. The first kappa shape index (κ1) is 9.12. The van der Waals surface area contributed by atoms with Crippen LogP contribution >= 0.6 is 0 Å². The number of ether oxygens (including phenoxy) is 1. The van der Waals surface area contributed by atoms with Crippen LogP contribution in [0.4, 0.5) is 0 Å². The van der Waals surface area contributed by atoms with Gasteiger partial charge in [-0.3, -0.25) is 4.79 Å². The second-order valence-electron chi connectivity index (χ2n) is 3.51. The Morgan fingerprint density at radius 2 is 2.29 bits per heavy atom. The number of rotatable bonds is 1. The van der Waals surface area contributed by atoms with Crippen molar-refractivity contribution in [2.75, 3.05) is 13.7 Å². The monoisotopic (exact) mass is 189 g/mol. The largest absolute Gasteiger partial charge is 0.496 e. The maximum atomic E-state index is 11.6. The molecule has 1 aromatic carbocycles. The van der Waals surface area contributed by atoms with Gasteiger partial charge in [0.25, 0.3) is 5.91 Å². The predicted molar refractivity (Wildman–Crippen MR) is 57.2 cm³/mol. The van der Waals surface area contributed by atoms with Crippen molar-refractivity contribution in [3.05, 3.63) is 23.3 Å². The topological polar surface area (TPSA) is 38.3 Å². The van der Waals surface area contributed by atoms with E-state index in [9.17, 15) is 4.79 Å². The molecule has 0 spiro atoms. The van der Waals surface area contributed by atoms with Crippen LogP contribution in [0.25, 0.3) is 0 Å². The van der Waals surface area contributed by atoms with Gasteiger partial charge in [0.15, 0.2) is 0 Å². The molecule has 1 N–H and O–H groups in total. The number of hydrogen-bond donors (Lipinski definition) is 1. The van der Waals surface area contributed by atoms with Gasteiger partial charge in [-0.1, -0.05) is 11.5 Å². The molecule has 0 bridgehead atoms. The molecule has 0 unspecified atom stereocenters. The Morgan fingerprint density at radius 1 is 1.50 bits per heavy atom. The lowest BCUT2D eigenvalue weighted by Gasteiger charge is -2.19. The standard InChI is InChI=1S/C10H12BNO2/c1-14-8-5-7(11)4-6-2-3-12-10(13)9(6)8/h4-5H,2-3,11H2,1H3,(H,12,13). The summed E-state index contributed by atoms with van der Waals surface area (Å²) in [4.78, 5) is 11.6. The van der Waals surface area contributed by atoms with Gasteiger partial charge in [0.1, 0.15) is 13.6 Å². The highest BCUT2D eigenvalue weighted by molar-refractivity contribution is 6.32. The Labute approximate surface area is 83.9 Å². The van der Waals surface area contributed by atoms with Gasteiger partial charge in [0.05, 0.1) is 12.7 Å². The Kier molecular flexibility index (Phi) is 2.19. The highest BCUT2D eigenvalue weighted by Crippen LogP contribution is 2.23. The van der Waals surface area contributed by atoms with Crippen molar-refractivity contribution in [3.8, 4) is 5.75 Å². The molecule has 0 aromatic heterocycles. The van der Waals surface area contributed by atoms with Gasteiger partial charge >= 0.3 is 0 Å². The van der Waals surface area contributed by atoms with Crippen LogP contribution in [-0.2, 0) is 6.42 Å². The number of methoxy groups -OCH3 is 1. The van der Waals surface area contributed by atoms with Crippen molar-refractivity contribution in [2.45, 2.75) is 6.42 Å². The third-order valence-electron chi connectivity index (χ3n) is 2.46. The Bertz CT molecular complexity index is 373. The van der Waals surface area contributed by atoms with Crippen LogP contribution in [0.1, 0.15) is 15.9 Å². The zero-order valence-electron chi connectivity index (χ0n) is 8.39. The lowest BCUT2D eigenvalue weighted by Crippen LogP contribution is -2.33. The molecule has 72 valence electrons. The zero-order valence-corrected chi connectivity index (χ0v) is 8.39. The van der Waals surface area contributed by atoms with E-state index in [0.717, 1.165) is 24.0 Å². The Hall–Kier alpha value is -1.45. The molecule has 0 atom stereocenters. The van der Waals surface area contributed by atoms with Gasteiger partial charge in [-0.05, 0) is 18.1 Å². The van der Waals surface area contributed by atoms with E-state index in [2.05, 4.69) is 11.4 Å². The number of hydrogen-bond acceptors (Lipinski definition) is 2. The van der Waals surface area contributed by atoms with Crippen LogP contribution in [0, 0.1) is 0 Å². The summed E-state index contributed by atoms with van der Waals surface area (Å²) in [6.07, 6.45) is 0.888. The summed E-state index contributed by atoms with van der Waals surface area (Å²) >= 11 is 0. The summed E-state index contributed by atoms with van der Waals surface area (Å²) in [5, 5.41) is 2.81. The normalized spacial score (nSPS) is 14.5. The molecule has 0 fully saturated rings. The fourth-order valence-corrected chi connectivity index (χ4v) is 1.84. The first-order valence-electron chi connectivity index (χ1n) is 4.68. The van der Waals surface area contributed by atoms with E-state index < -0.39 is 0 Å². The van der Waals surface area contributed by atoms with Crippen LogP contribution in [-0.4, -0.2) is 27.4 Å². The van der Waals surface area contributed by atoms with Gasteiger partial charge in [-0.25, -0.2) is 0 Å². The van der Waals surface area contributed by atoms with Crippen molar-refractivity contribution >= 4 is 19.2 Å².